The predicted octanol–water partition coefficient (Wildman–Crippen LogP) is 1.36. The fourth-order valence-electron chi connectivity index (χ4n) is 3.09. The van der Waals surface area contributed by atoms with Crippen LogP contribution >= 0.6 is 0 Å². The second-order valence-corrected chi connectivity index (χ2v) is 6.42. The SMILES string of the molecule is O=C(NCCN1CCN(C(=O)c2ccccc2)CC1)C1CCC1. The van der Waals surface area contributed by atoms with Gasteiger partial charge in [-0.1, -0.05) is 24.6 Å². The van der Waals surface area contributed by atoms with Crippen LogP contribution < -0.4 is 5.32 Å². The van der Waals surface area contributed by atoms with E-state index in [-0.39, 0.29) is 17.7 Å². The van der Waals surface area contributed by atoms with Gasteiger partial charge < -0.3 is 10.2 Å². The minimum absolute atomic E-state index is 0.114. The fraction of sp³-hybridized carbons (Fsp3) is 0.556. The molecule has 124 valence electrons. The van der Waals surface area contributed by atoms with Crippen LogP contribution in [0.15, 0.2) is 30.3 Å². The van der Waals surface area contributed by atoms with E-state index in [1.54, 1.807) is 0 Å². The third kappa shape index (κ3) is 4.10. The molecule has 0 atom stereocenters. The van der Waals surface area contributed by atoms with E-state index in [0.29, 0.717) is 6.54 Å². The Kier molecular flexibility index (Phi) is 5.28. The molecular weight excluding hydrogens is 290 g/mol. The van der Waals surface area contributed by atoms with Crippen LogP contribution in [0.1, 0.15) is 29.6 Å². The average Bonchev–Trinajstić information content (AvgIpc) is 2.54. The van der Waals surface area contributed by atoms with Crippen LogP contribution in [0.3, 0.4) is 0 Å². The summed E-state index contributed by atoms with van der Waals surface area (Å²) in [6, 6.07) is 9.45. The van der Waals surface area contributed by atoms with Crippen molar-refractivity contribution in [1.82, 2.24) is 15.1 Å². The number of carbonyl (C=O) groups excluding carboxylic acids is 2. The van der Waals surface area contributed by atoms with Gasteiger partial charge in [0.15, 0.2) is 0 Å². The highest BCUT2D eigenvalue weighted by Gasteiger charge is 2.25. The van der Waals surface area contributed by atoms with Crippen molar-refractivity contribution in [3.05, 3.63) is 35.9 Å². The highest BCUT2D eigenvalue weighted by molar-refractivity contribution is 5.94. The van der Waals surface area contributed by atoms with Crippen molar-refractivity contribution in [2.75, 3.05) is 39.3 Å². The van der Waals surface area contributed by atoms with Gasteiger partial charge in [-0.05, 0) is 25.0 Å². The molecule has 2 aliphatic rings. The van der Waals surface area contributed by atoms with E-state index in [9.17, 15) is 9.59 Å². The van der Waals surface area contributed by atoms with Crippen molar-refractivity contribution in [3.63, 3.8) is 0 Å². The number of piperazine rings is 1. The van der Waals surface area contributed by atoms with Crippen molar-refractivity contribution < 1.29 is 9.59 Å². The molecule has 5 nitrogen and oxygen atoms in total. The number of hydrogen-bond acceptors (Lipinski definition) is 3. The molecule has 1 aliphatic carbocycles. The van der Waals surface area contributed by atoms with Crippen LogP contribution in [0.4, 0.5) is 0 Å². The molecule has 0 unspecified atom stereocenters. The normalized spacial score (nSPS) is 19.2. The molecule has 0 aromatic heterocycles. The van der Waals surface area contributed by atoms with Crippen LogP contribution in [0.25, 0.3) is 0 Å². The zero-order valence-electron chi connectivity index (χ0n) is 13.5. The average molecular weight is 315 g/mol. The summed E-state index contributed by atoms with van der Waals surface area (Å²) in [5, 5.41) is 3.03. The zero-order chi connectivity index (χ0) is 16.1. The maximum absolute atomic E-state index is 12.4. The Balaban J connectivity index is 1.37. The van der Waals surface area contributed by atoms with Crippen LogP contribution in [-0.2, 0) is 4.79 Å². The largest absolute Gasteiger partial charge is 0.355 e. The lowest BCUT2D eigenvalue weighted by molar-refractivity contribution is -0.127. The first-order chi connectivity index (χ1) is 11.2. The molecule has 1 N–H and O–H groups in total. The van der Waals surface area contributed by atoms with Gasteiger partial charge in [-0.15, -0.1) is 0 Å². The molecule has 3 rings (SSSR count). The molecule has 1 aromatic carbocycles. The van der Waals surface area contributed by atoms with Crippen LogP contribution in [0.2, 0.25) is 0 Å². The summed E-state index contributed by atoms with van der Waals surface area (Å²) in [4.78, 5) is 28.4. The van der Waals surface area contributed by atoms with Crippen LogP contribution in [0, 0.1) is 5.92 Å². The second kappa shape index (κ2) is 7.59. The van der Waals surface area contributed by atoms with Gasteiger partial charge in [0.1, 0.15) is 0 Å². The highest BCUT2D eigenvalue weighted by atomic mass is 16.2. The number of nitrogens with zero attached hydrogens (tertiary/aromatic N) is 2. The number of rotatable bonds is 5. The third-order valence-corrected chi connectivity index (χ3v) is 4.88. The number of amides is 2. The topological polar surface area (TPSA) is 52.7 Å². The Labute approximate surface area is 137 Å². The van der Waals surface area contributed by atoms with Crippen molar-refractivity contribution in [3.8, 4) is 0 Å². The smallest absolute Gasteiger partial charge is 0.253 e. The van der Waals surface area contributed by atoms with Crippen molar-refractivity contribution in [1.29, 1.82) is 0 Å². The fourth-order valence-corrected chi connectivity index (χ4v) is 3.09. The standard InChI is InChI=1S/C18H25N3O2/c22-17(15-7-4-8-15)19-9-10-20-11-13-21(14-12-20)18(23)16-5-2-1-3-6-16/h1-3,5-6,15H,4,7-14H2,(H,19,22). The van der Waals surface area contributed by atoms with E-state index in [1.807, 2.05) is 35.2 Å². The molecule has 23 heavy (non-hydrogen) atoms. The summed E-state index contributed by atoms with van der Waals surface area (Å²) in [6.45, 7) is 4.83. The predicted molar refractivity (Wildman–Crippen MR) is 89.1 cm³/mol. The molecule has 2 amide bonds. The third-order valence-electron chi connectivity index (χ3n) is 4.88. The Morgan fingerprint density at radius 1 is 1.04 bits per heavy atom. The molecule has 5 heteroatoms. The summed E-state index contributed by atoms with van der Waals surface area (Å²) in [7, 11) is 0. The number of carbonyl (C=O) groups is 2. The molecule has 0 spiro atoms. The first kappa shape index (κ1) is 16.0. The number of benzene rings is 1. The highest BCUT2D eigenvalue weighted by Crippen LogP contribution is 2.25. The van der Waals surface area contributed by atoms with E-state index in [1.165, 1.54) is 6.42 Å². The molecular formula is C18H25N3O2. The molecule has 1 saturated heterocycles. The van der Waals surface area contributed by atoms with E-state index < -0.39 is 0 Å². The molecule has 0 radical (unpaired) electrons. The quantitative estimate of drug-likeness (QED) is 0.893. The summed E-state index contributed by atoms with van der Waals surface area (Å²) >= 11 is 0. The van der Waals surface area contributed by atoms with E-state index >= 15 is 0 Å². The van der Waals surface area contributed by atoms with Gasteiger partial charge in [-0.25, -0.2) is 0 Å². The monoisotopic (exact) mass is 315 g/mol. The summed E-state index contributed by atoms with van der Waals surface area (Å²) in [6.07, 6.45) is 3.29. The van der Waals surface area contributed by atoms with E-state index in [0.717, 1.165) is 51.1 Å². The maximum Gasteiger partial charge on any atom is 0.253 e. The molecule has 1 aliphatic heterocycles. The van der Waals surface area contributed by atoms with Gasteiger partial charge in [0.2, 0.25) is 5.91 Å². The summed E-state index contributed by atoms with van der Waals surface area (Å²) < 4.78 is 0. The molecule has 2 fully saturated rings. The molecule has 1 aromatic rings. The number of nitrogens with one attached hydrogen (secondary N) is 1. The van der Waals surface area contributed by atoms with Crippen molar-refractivity contribution in [2.45, 2.75) is 19.3 Å². The summed E-state index contributed by atoms with van der Waals surface area (Å²) in [5.41, 5.74) is 0.758. The van der Waals surface area contributed by atoms with Gasteiger partial charge in [0.05, 0.1) is 0 Å². The summed E-state index contributed by atoms with van der Waals surface area (Å²) in [5.74, 6) is 0.591. The van der Waals surface area contributed by atoms with Crippen LogP contribution in [-0.4, -0.2) is 60.9 Å². The van der Waals surface area contributed by atoms with Crippen LogP contribution in [0.5, 0.6) is 0 Å². The first-order valence-electron chi connectivity index (χ1n) is 8.58. The Hall–Kier alpha value is -1.88. The Bertz CT molecular complexity index is 534. The van der Waals surface area contributed by atoms with Gasteiger partial charge in [0, 0.05) is 50.7 Å². The van der Waals surface area contributed by atoms with Gasteiger partial charge in [0.25, 0.3) is 5.91 Å². The maximum atomic E-state index is 12.4. The van der Waals surface area contributed by atoms with Gasteiger partial charge >= 0.3 is 0 Å². The molecule has 0 bridgehead atoms. The van der Waals surface area contributed by atoms with E-state index in [2.05, 4.69) is 10.2 Å². The lowest BCUT2D eigenvalue weighted by atomic mass is 9.85. The molecule has 1 heterocycles. The van der Waals surface area contributed by atoms with Gasteiger partial charge in [-0.2, -0.15) is 0 Å². The minimum Gasteiger partial charge on any atom is -0.355 e. The second-order valence-electron chi connectivity index (χ2n) is 6.42. The first-order valence-corrected chi connectivity index (χ1v) is 8.58. The number of hydrogen-bond donors (Lipinski definition) is 1. The van der Waals surface area contributed by atoms with Crippen molar-refractivity contribution in [2.24, 2.45) is 5.92 Å². The lowest BCUT2D eigenvalue weighted by Gasteiger charge is -2.35. The molecule has 1 saturated carbocycles. The Morgan fingerprint density at radius 2 is 1.74 bits per heavy atom. The van der Waals surface area contributed by atoms with Gasteiger partial charge in [-0.3, -0.25) is 14.5 Å². The van der Waals surface area contributed by atoms with E-state index in [4.69, 9.17) is 0 Å². The zero-order valence-corrected chi connectivity index (χ0v) is 13.5. The van der Waals surface area contributed by atoms with Crippen molar-refractivity contribution >= 4 is 11.8 Å². The Morgan fingerprint density at radius 3 is 2.35 bits per heavy atom. The minimum atomic E-state index is 0.114. The lowest BCUT2D eigenvalue weighted by Crippen LogP contribution is -2.50.